The first-order chi connectivity index (χ1) is 8.60. The Bertz CT molecular complexity index is 635. The molecule has 2 rings (SSSR count). The molecule has 0 saturated heterocycles. The summed E-state index contributed by atoms with van der Waals surface area (Å²) in [5, 5.41) is 10.3. The van der Waals surface area contributed by atoms with Gasteiger partial charge in [-0.05, 0) is 30.3 Å². The van der Waals surface area contributed by atoms with E-state index in [-0.39, 0.29) is 0 Å². The zero-order valence-electron chi connectivity index (χ0n) is 8.95. The number of nitriles is 1. The molecule has 2 aromatic rings. The average Bonchev–Trinajstić information content (AvgIpc) is 2.33. The van der Waals surface area contributed by atoms with Crippen LogP contribution in [0.4, 0.5) is 0 Å². The summed E-state index contributed by atoms with van der Waals surface area (Å²) in [7, 11) is 0. The quantitative estimate of drug-likeness (QED) is 0.752. The maximum Gasteiger partial charge on any atom is 0.146 e. The van der Waals surface area contributed by atoms with Crippen molar-refractivity contribution < 1.29 is 4.74 Å². The highest BCUT2D eigenvalue weighted by Gasteiger charge is 2.08. The molecule has 0 fully saturated rings. The van der Waals surface area contributed by atoms with Gasteiger partial charge < -0.3 is 4.74 Å². The Morgan fingerprint density at radius 3 is 2.22 bits per heavy atom. The van der Waals surface area contributed by atoms with Gasteiger partial charge in [0.05, 0.1) is 10.6 Å². The van der Waals surface area contributed by atoms with Gasteiger partial charge in [0.1, 0.15) is 17.6 Å². The smallest absolute Gasteiger partial charge is 0.146 e. The fraction of sp³-hybridized carbons (Fsp3) is 0. The molecule has 0 N–H and O–H groups in total. The Hall–Kier alpha value is -1.40. The molecular weight excluding hydrogens is 293 g/mol. The number of rotatable bonds is 2. The van der Waals surface area contributed by atoms with Crippen LogP contribution in [0.2, 0.25) is 15.1 Å². The second kappa shape index (κ2) is 5.49. The van der Waals surface area contributed by atoms with Crippen LogP contribution in [0.25, 0.3) is 0 Å². The predicted octanol–water partition coefficient (Wildman–Crippen LogP) is 5.31. The molecular formula is C13H6Cl3NO. The molecule has 0 amide bonds. The molecule has 0 aromatic heterocycles. The van der Waals surface area contributed by atoms with Crippen LogP contribution in [-0.4, -0.2) is 0 Å². The van der Waals surface area contributed by atoms with Crippen LogP contribution < -0.4 is 4.74 Å². The van der Waals surface area contributed by atoms with Gasteiger partial charge in [0.25, 0.3) is 0 Å². The molecule has 5 heteroatoms. The van der Waals surface area contributed by atoms with Crippen LogP contribution in [0, 0.1) is 11.3 Å². The number of halogens is 3. The molecule has 0 aliphatic heterocycles. The third-order valence-corrected chi connectivity index (χ3v) is 2.94. The predicted molar refractivity (Wildman–Crippen MR) is 72.7 cm³/mol. The van der Waals surface area contributed by atoms with E-state index < -0.39 is 0 Å². The van der Waals surface area contributed by atoms with Crippen molar-refractivity contribution in [3.63, 3.8) is 0 Å². The van der Waals surface area contributed by atoms with E-state index in [9.17, 15) is 0 Å². The molecule has 2 nitrogen and oxygen atoms in total. The van der Waals surface area contributed by atoms with E-state index in [1.807, 2.05) is 6.07 Å². The zero-order valence-corrected chi connectivity index (χ0v) is 11.2. The molecule has 90 valence electrons. The van der Waals surface area contributed by atoms with Crippen molar-refractivity contribution >= 4 is 34.8 Å². The maximum absolute atomic E-state index is 8.97. The van der Waals surface area contributed by atoms with Crippen molar-refractivity contribution in [2.24, 2.45) is 0 Å². The Morgan fingerprint density at radius 2 is 1.56 bits per heavy atom. The van der Waals surface area contributed by atoms with Crippen molar-refractivity contribution in [3.8, 4) is 17.6 Å². The summed E-state index contributed by atoms with van der Waals surface area (Å²) in [5.74, 6) is 0.772. The standard InChI is InChI=1S/C13H6Cl3NO/c14-9-3-4-12(11(16)5-9)18-13-6-10(15)2-1-8(13)7-17/h1-6H. The Labute approximate surface area is 119 Å². The lowest BCUT2D eigenvalue weighted by atomic mass is 10.2. The fourth-order valence-electron chi connectivity index (χ4n) is 1.35. The highest BCUT2D eigenvalue weighted by molar-refractivity contribution is 6.35. The van der Waals surface area contributed by atoms with E-state index >= 15 is 0 Å². The minimum absolute atomic E-state index is 0.356. The Balaban J connectivity index is 2.40. The third-order valence-electron chi connectivity index (χ3n) is 2.18. The lowest BCUT2D eigenvalue weighted by molar-refractivity contribution is 0.481. The number of hydrogen-bond acceptors (Lipinski definition) is 2. The molecule has 0 heterocycles. The van der Waals surface area contributed by atoms with E-state index in [0.717, 1.165) is 0 Å². The summed E-state index contributed by atoms with van der Waals surface area (Å²) in [5.41, 5.74) is 0.380. The molecule has 0 bridgehead atoms. The lowest BCUT2D eigenvalue weighted by Crippen LogP contribution is -1.89. The number of ether oxygens (including phenoxy) is 1. The van der Waals surface area contributed by atoms with Crippen LogP contribution in [0.1, 0.15) is 5.56 Å². The van der Waals surface area contributed by atoms with E-state index in [1.165, 1.54) is 0 Å². The van der Waals surface area contributed by atoms with Crippen molar-refractivity contribution in [2.75, 3.05) is 0 Å². The third kappa shape index (κ3) is 2.88. The molecule has 0 saturated carbocycles. The molecule has 0 unspecified atom stereocenters. The largest absolute Gasteiger partial charge is 0.454 e. The van der Waals surface area contributed by atoms with Crippen LogP contribution in [0.5, 0.6) is 11.5 Å². The van der Waals surface area contributed by atoms with Gasteiger partial charge in [-0.15, -0.1) is 0 Å². The van der Waals surface area contributed by atoms with Crippen molar-refractivity contribution in [1.29, 1.82) is 5.26 Å². The summed E-state index contributed by atoms with van der Waals surface area (Å²) >= 11 is 17.6. The van der Waals surface area contributed by atoms with Gasteiger partial charge in [-0.2, -0.15) is 5.26 Å². The topological polar surface area (TPSA) is 33.0 Å². The second-order valence-electron chi connectivity index (χ2n) is 3.43. The monoisotopic (exact) mass is 297 g/mol. The van der Waals surface area contributed by atoms with Crippen molar-refractivity contribution in [1.82, 2.24) is 0 Å². The van der Waals surface area contributed by atoms with Gasteiger partial charge >= 0.3 is 0 Å². The van der Waals surface area contributed by atoms with Crippen LogP contribution in [-0.2, 0) is 0 Å². The van der Waals surface area contributed by atoms with Gasteiger partial charge in [-0.3, -0.25) is 0 Å². The van der Waals surface area contributed by atoms with Gasteiger partial charge in [0, 0.05) is 16.1 Å². The fourth-order valence-corrected chi connectivity index (χ4v) is 1.96. The number of benzene rings is 2. The van der Waals surface area contributed by atoms with Crippen molar-refractivity contribution in [3.05, 3.63) is 57.0 Å². The first-order valence-electron chi connectivity index (χ1n) is 4.92. The molecule has 2 aromatic carbocycles. The minimum Gasteiger partial charge on any atom is -0.454 e. The highest BCUT2D eigenvalue weighted by Crippen LogP contribution is 2.34. The second-order valence-corrected chi connectivity index (χ2v) is 4.71. The van der Waals surface area contributed by atoms with Gasteiger partial charge in [-0.1, -0.05) is 34.8 Å². The summed E-state index contributed by atoms with van der Waals surface area (Å²) < 4.78 is 5.57. The van der Waals surface area contributed by atoms with Crippen molar-refractivity contribution in [2.45, 2.75) is 0 Å². The molecule has 18 heavy (non-hydrogen) atoms. The molecule has 0 radical (unpaired) electrons. The van der Waals surface area contributed by atoms with E-state index in [4.69, 9.17) is 44.8 Å². The normalized spacial score (nSPS) is 9.89. The first kappa shape index (κ1) is 13.0. The minimum atomic E-state index is 0.356. The summed E-state index contributed by atoms with van der Waals surface area (Å²) in [6.07, 6.45) is 0. The van der Waals surface area contributed by atoms with Crippen LogP contribution in [0.15, 0.2) is 36.4 Å². The number of nitrogens with zero attached hydrogens (tertiary/aromatic N) is 1. The van der Waals surface area contributed by atoms with Gasteiger partial charge in [0.15, 0.2) is 0 Å². The van der Waals surface area contributed by atoms with Crippen LogP contribution >= 0.6 is 34.8 Å². The first-order valence-corrected chi connectivity index (χ1v) is 6.06. The highest BCUT2D eigenvalue weighted by atomic mass is 35.5. The lowest BCUT2D eigenvalue weighted by Gasteiger charge is -2.09. The molecule has 0 atom stereocenters. The molecule has 0 aliphatic rings. The SMILES string of the molecule is N#Cc1ccc(Cl)cc1Oc1ccc(Cl)cc1Cl. The summed E-state index contributed by atoms with van der Waals surface area (Å²) in [4.78, 5) is 0. The van der Waals surface area contributed by atoms with Gasteiger partial charge in [0.2, 0.25) is 0 Å². The Morgan fingerprint density at radius 1 is 0.889 bits per heavy atom. The van der Waals surface area contributed by atoms with E-state index in [1.54, 1.807) is 36.4 Å². The Kier molecular flexibility index (Phi) is 3.98. The summed E-state index contributed by atoms with van der Waals surface area (Å²) in [6.45, 7) is 0. The molecule has 0 aliphatic carbocycles. The average molecular weight is 299 g/mol. The van der Waals surface area contributed by atoms with Crippen LogP contribution in [0.3, 0.4) is 0 Å². The van der Waals surface area contributed by atoms with Gasteiger partial charge in [-0.25, -0.2) is 0 Å². The zero-order chi connectivity index (χ0) is 13.1. The van der Waals surface area contributed by atoms with E-state index in [0.29, 0.717) is 32.1 Å². The summed E-state index contributed by atoms with van der Waals surface area (Å²) in [6, 6.07) is 11.6. The maximum atomic E-state index is 8.97. The number of hydrogen-bond donors (Lipinski definition) is 0. The van der Waals surface area contributed by atoms with E-state index in [2.05, 4.69) is 0 Å². The molecule has 0 spiro atoms.